The van der Waals surface area contributed by atoms with Crippen molar-refractivity contribution in [1.82, 2.24) is 0 Å². The first-order valence-corrected chi connectivity index (χ1v) is 6.05. The summed E-state index contributed by atoms with van der Waals surface area (Å²) in [6.07, 6.45) is 9.29. The molecule has 0 N–H and O–H groups in total. The van der Waals surface area contributed by atoms with E-state index in [1.165, 1.54) is 24.3 Å². The molecule has 0 spiro atoms. The van der Waals surface area contributed by atoms with E-state index in [4.69, 9.17) is 10.00 Å². The molecule has 1 rings (SSSR count). The highest BCUT2D eigenvalue weighted by Crippen LogP contribution is 2.07. The highest BCUT2D eigenvalue weighted by Gasteiger charge is 2.05. The molecule has 3 nitrogen and oxygen atoms in total. The maximum Gasteiger partial charge on any atom is 0.338 e. The molecule has 0 saturated carbocycles. The number of carbonyl (C=O) groups excluding carboxylic acids is 1. The Kier molecular flexibility index (Phi) is 6.93. The van der Waals surface area contributed by atoms with Gasteiger partial charge in [-0.25, -0.2) is 4.79 Å². The van der Waals surface area contributed by atoms with Gasteiger partial charge >= 0.3 is 5.97 Å². The maximum atomic E-state index is 11.8. The van der Waals surface area contributed by atoms with Gasteiger partial charge < -0.3 is 4.74 Å². The van der Waals surface area contributed by atoms with Gasteiger partial charge in [0.05, 0.1) is 11.6 Å². The van der Waals surface area contributed by atoms with E-state index in [0.717, 1.165) is 5.56 Å². The van der Waals surface area contributed by atoms with Crippen molar-refractivity contribution in [3.05, 3.63) is 78.4 Å². The molecule has 0 radical (unpaired) electrons. The zero-order valence-corrected chi connectivity index (χ0v) is 11.0. The van der Waals surface area contributed by atoms with Crippen molar-refractivity contribution in [3.8, 4) is 6.07 Å². The molecule has 0 atom stereocenters. The maximum absolute atomic E-state index is 11.8. The largest absolute Gasteiger partial charge is 0.458 e. The first kappa shape index (κ1) is 15.2. The Labute approximate surface area is 118 Å². The molecule has 0 heterocycles. The number of esters is 1. The Balaban J connectivity index is 2.88. The number of hydrogen-bond donors (Lipinski definition) is 0. The smallest absolute Gasteiger partial charge is 0.338 e. The molecule has 0 aromatic heterocycles. The summed E-state index contributed by atoms with van der Waals surface area (Å²) in [5, 5.41) is 8.45. The average Bonchev–Trinajstić information content (AvgIpc) is 2.49. The summed E-state index contributed by atoms with van der Waals surface area (Å²) in [6.45, 7) is 3.64. The molecule has 0 aliphatic carbocycles. The van der Waals surface area contributed by atoms with E-state index in [1.807, 2.05) is 36.4 Å². The van der Waals surface area contributed by atoms with E-state index in [0.29, 0.717) is 5.57 Å². The van der Waals surface area contributed by atoms with Crippen LogP contribution in [-0.2, 0) is 9.53 Å². The average molecular weight is 265 g/mol. The lowest BCUT2D eigenvalue weighted by Crippen LogP contribution is -2.06. The Morgan fingerprint density at radius 3 is 2.75 bits per heavy atom. The van der Waals surface area contributed by atoms with Crippen LogP contribution in [0, 0.1) is 11.3 Å². The molecule has 1 aromatic rings. The normalized spacial score (nSPS) is 11.4. The number of allylic oxidation sites excluding steroid dienone is 3. The number of benzene rings is 1. The van der Waals surface area contributed by atoms with Gasteiger partial charge in [0.25, 0.3) is 0 Å². The molecule has 100 valence electrons. The van der Waals surface area contributed by atoms with Gasteiger partial charge in [-0.2, -0.15) is 5.26 Å². The van der Waals surface area contributed by atoms with Crippen molar-refractivity contribution in [2.45, 2.75) is 0 Å². The lowest BCUT2D eigenvalue weighted by atomic mass is 10.1. The van der Waals surface area contributed by atoms with Crippen molar-refractivity contribution >= 4 is 12.0 Å². The summed E-state index contributed by atoms with van der Waals surface area (Å²) >= 11 is 0. The molecule has 0 aliphatic rings. The van der Waals surface area contributed by atoms with Crippen LogP contribution in [0.2, 0.25) is 0 Å². The third kappa shape index (κ3) is 5.65. The molecule has 0 unspecified atom stereocenters. The van der Waals surface area contributed by atoms with Crippen molar-refractivity contribution < 1.29 is 9.53 Å². The van der Waals surface area contributed by atoms with Gasteiger partial charge in [0, 0.05) is 6.08 Å². The fourth-order valence-corrected chi connectivity index (χ4v) is 1.35. The van der Waals surface area contributed by atoms with Crippen LogP contribution in [0.3, 0.4) is 0 Å². The monoisotopic (exact) mass is 265 g/mol. The van der Waals surface area contributed by atoms with Gasteiger partial charge in [0.15, 0.2) is 0 Å². The van der Waals surface area contributed by atoms with Crippen LogP contribution in [0.5, 0.6) is 0 Å². The molecule has 3 heteroatoms. The van der Waals surface area contributed by atoms with Gasteiger partial charge in [0.1, 0.15) is 6.61 Å². The van der Waals surface area contributed by atoms with Gasteiger partial charge in [-0.05, 0) is 17.7 Å². The van der Waals surface area contributed by atoms with Gasteiger partial charge in [-0.1, -0.05) is 55.1 Å². The van der Waals surface area contributed by atoms with Gasteiger partial charge in [-0.15, -0.1) is 0 Å². The summed E-state index contributed by atoms with van der Waals surface area (Å²) in [5.41, 5.74) is 1.33. The van der Waals surface area contributed by atoms with Gasteiger partial charge in [-0.3, -0.25) is 0 Å². The first-order valence-electron chi connectivity index (χ1n) is 6.05. The quantitative estimate of drug-likeness (QED) is 0.260. The highest BCUT2D eigenvalue weighted by molar-refractivity contribution is 5.93. The van der Waals surface area contributed by atoms with E-state index >= 15 is 0 Å². The van der Waals surface area contributed by atoms with Crippen molar-refractivity contribution in [3.63, 3.8) is 0 Å². The fraction of sp³-hybridized carbons (Fsp3) is 0.0588. The van der Waals surface area contributed by atoms with Crippen LogP contribution in [0.1, 0.15) is 5.56 Å². The molecule has 20 heavy (non-hydrogen) atoms. The number of hydrogen-bond acceptors (Lipinski definition) is 3. The Bertz CT molecular complexity index is 575. The number of ether oxygens (including phenoxy) is 1. The predicted molar refractivity (Wildman–Crippen MR) is 79.5 cm³/mol. The molecule has 0 fully saturated rings. The van der Waals surface area contributed by atoms with Crippen LogP contribution in [0.4, 0.5) is 0 Å². The Morgan fingerprint density at radius 1 is 1.35 bits per heavy atom. The SMILES string of the molecule is C=CCOC(=O)C(C=Cc1ccccc1)=CC=CC#N. The van der Waals surface area contributed by atoms with Crippen molar-refractivity contribution in [1.29, 1.82) is 5.26 Å². The second-order valence-electron chi connectivity index (χ2n) is 3.74. The zero-order chi connectivity index (χ0) is 14.6. The number of carbonyl (C=O) groups is 1. The molecular weight excluding hydrogens is 250 g/mol. The van der Waals surface area contributed by atoms with Crippen molar-refractivity contribution in [2.75, 3.05) is 6.61 Å². The van der Waals surface area contributed by atoms with Crippen LogP contribution in [-0.4, -0.2) is 12.6 Å². The third-order valence-corrected chi connectivity index (χ3v) is 2.27. The second kappa shape index (κ2) is 9.12. The third-order valence-electron chi connectivity index (χ3n) is 2.27. The van der Waals surface area contributed by atoms with E-state index in [9.17, 15) is 4.79 Å². The second-order valence-corrected chi connectivity index (χ2v) is 3.74. The molecule has 0 saturated heterocycles. The standard InChI is InChI=1S/C17H15NO2/c1-2-14-20-17(19)16(10-6-7-13-18)12-11-15-8-4-3-5-9-15/h2-12H,1,14H2. The summed E-state index contributed by atoms with van der Waals surface area (Å²) in [7, 11) is 0. The number of nitriles is 1. The van der Waals surface area contributed by atoms with E-state index in [-0.39, 0.29) is 6.61 Å². The van der Waals surface area contributed by atoms with Crippen LogP contribution < -0.4 is 0 Å². The van der Waals surface area contributed by atoms with E-state index in [2.05, 4.69) is 6.58 Å². The lowest BCUT2D eigenvalue weighted by Gasteiger charge is -2.01. The minimum Gasteiger partial charge on any atom is -0.458 e. The van der Waals surface area contributed by atoms with Crippen LogP contribution in [0.15, 0.2) is 72.9 Å². The van der Waals surface area contributed by atoms with E-state index < -0.39 is 5.97 Å². The van der Waals surface area contributed by atoms with Gasteiger partial charge in [0.2, 0.25) is 0 Å². The minimum absolute atomic E-state index is 0.150. The molecule has 0 bridgehead atoms. The van der Waals surface area contributed by atoms with Crippen LogP contribution in [0.25, 0.3) is 6.08 Å². The molecular formula is C17H15NO2. The van der Waals surface area contributed by atoms with E-state index in [1.54, 1.807) is 12.2 Å². The summed E-state index contributed by atoms with van der Waals surface area (Å²) in [6, 6.07) is 11.5. The minimum atomic E-state index is -0.459. The van der Waals surface area contributed by atoms with Crippen molar-refractivity contribution in [2.24, 2.45) is 0 Å². The molecule has 0 aliphatic heterocycles. The Hall–Kier alpha value is -2.86. The summed E-state index contributed by atoms with van der Waals surface area (Å²) in [4.78, 5) is 11.8. The molecule has 0 amide bonds. The molecule has 1 aromatic carbocycles. The number of nitrogens with zero attached hydrogens (tertiary/aromatic N) is 1. The predicted octanol–water partition coefficient (Wildman–Crippen LogP) is 3.44. The zero-order valence-electron chi connectivity index (χ0n) is 11.0. The fourth-order valence-electron chi connectivity index (χ4n) is 1.35. The summed E-state index contributed by atoms with van der Waals surface area (Å²) in [5.74, 6) is -0.459. The topological polar surface area (TPSA) is 50.1 Å². The van der Waals surface area contributed by atoms with Crippen LogP contribution >= 0.6 is 0 Å². The summed E-state index contributed by atoms with van der Waals surface area (Å²) < 4.78 is 4.98. The number of rotatable bonds is 6. The lowest BCUT2D eigenvalue weighted by molar-refractivity contribution is -0.137. The Morgan fingerprint density at radius 2 is 2.10 bits per heavy atom. The first-order chi connectivity index (χ1) is 9.77. The highest BCUT2D eigenvalue weighted by atomic mass is 16.5.